The van der Waals surface area contributed by atoms with Crippen molar-refractivity contribution < 1.29 is 42.9 Å². The molecule has 0 aliphatic carbocycles. The molecule has 0 radical (unpaired) electrons. The zero-order valence-corrected chi connectivity index (χ0v) is 29.7. The zero-order valence-electron chi connectivity index (χ0n) is 28.1. The van der Waals surface area contributed by atoms with Crippen LogP contribution < -0.4 is 11.0 Å². The molecule has 1 N–H and O–H groups in total. The number of anilines is 2. The zero-order chi connectivity index (χ0) is 37.3. The van der Waals surface area contributed by atoms with E-state index in [-0.39, 0.29) is 34.7 Å². The molecule has 14 heteroatoms. The highest BCUT2D eigenvalue weighted by molar-refractivity contribution is 9.10. The first-order valence-corrected chi connectivity index (χ1v) is 17.2. The Morgan fingerprint density at radius 3 is 1.81 bits per heavy atom. The van der Waals surface area contributed by atoms with E-state index in [2.05, 4.69) is 26.2 Å². The fourth-order valence-electron chi connectivity index (χ4n) is 5.48. The molecule has 1 aliphatic heterocycles. The van der Waals surface area contributed by atoms with E-state index in [1.165, 1.54) is 24.3 Å². The highest BCUT2D eigenvalue weighted by Crippen LogP contribution is 2.36. The van der Waals surface area contributed by atoms with Gasteiger partial charge in [0.1, 0.15) is 18.3 Å². The standard InChI is InChI=1S/C39H32BrN3O10/c1-2-49-38(47)27-22-43(39(48)42-33(27)41-29-21-13-12-20-28(29)40)34-32(53-37(46)26-18-10-5-11-19-26)31(52-36(45)25-16-8-4-9-17-25)30(51-34)23-50-35(44)24-14-6-3-7-15-24/h3-22,30-32,34H,2,23H2,1H3,(H,41,42,48). The summed E-state index contributed by atoms with van der Waals surface area (Å²) >= 11 is 3.44. The molecule has 6 rings (SSSR count). The van der Waals surface area contributed by atoms with Crippen LogP contribution in [0.4, 0.5) is 11.5 Å². The molecule has 4 atom stereocenters. The van der Waals surface area contributed by atoms with Gasteiger partial charge in [-0.15, -0.1) is 0 Å². The minimum atomic E-state index is -1.54. The highest BCUT2D eigenvalue weighted by Gasteiger charge is 2.52. The average molecular weight is 783 g/mol. The minimum Gasteiger partial charge on any atom is -0.462 e. The van der Waals surface area contributed by atoms with Crippen LogP contribution in [-0.4, -0.2) is 65.0 Å². The third-order valence-corrected chi connectivity index (χ3v) is 8.72. The minimum absolute atomic E-state index is 0.00996. The fraction of sp³-hybridized carbons (Fsp3) is 0.179. The maximum Gasteiger partial charge on any atom is 0.351 e. The fourth-order valence-corrected chi connectivity index (χ4v) is 5.86. The van der Waals surface area contributed by atoms with E-state index < -0.39 is 60.7 Å². The van der Waals surface area contributed by atoms with Crippen LogP contribution in [0, 0.1) is 0 Å². The predicted octanol–water partition coefficient (Wildman–Crippen LogP) is 6.13. The molecule has 5 aromatic rings. The number of hydrogen-bond acceptors (Lipinski definition) is 12. The van der Waals surface area contributed by atoms with Crippen LogP contribution in [0.25, 0.3) is 0 Å². The van der Waals surface area contributed by atoms with Crippen molar-refractivity contribution in [2.24, 2.45) is 0 Å². The summed E-state index contributed by atoms with van der Waals surface area (Å²) in [5, 5.41) is 2.99. The van der Waals surface area contributed by atoms with Crippen molar-refractivity contribution in [3.63, 3.8) is 0 Å². The summed E-state index contributed by atoms with van der Waals surface area (Å²) in [4.78, 5) is 71.4. The molecular weight excluding hydrogens is 750 g/mol. The Hall–Kier alpha value is -6.12. The number of nitrogens with one attached hydrogen (secondary N) is 1. The lowest BCUT2D eigenvalue weighted by Gasteiger charge is -2.25. The second kappa shape index (κ2) is 16.9. The van der Waals surface area contributed by atoms with E-state index in [9.17, 15) is 24.0 Å². The molecule has 2 heterocycles. The van der Waals surface area contributed by atoms with E-state index in [1.54, 1.807) is 97.9 Å². The number of benzene rings is 4. The molecule has 1 aliphatic rings. The lowest BCUT2D eigenvalue weighted by molar-refractivity contribution is -0.0640. The monoisotopic (exact) mass is 781 g/mol. The van der Waals surface area contributed by atoms with Crippen molar-refractivity contribution in [2.45, 2.75) is 31.5 Å². The summed E-state index contributed by atoms with van der Waals surface area (Å²) in [6.07, 6.45) is -4.60. The third kappa shape index (κ3) is 8.68. The molecule has 4 unspecified atom stereocenters. The maximum absolute atomic E-state index is 13.9. The number of halogens is 1. The van der Waals surface area contributed by atoms with Crippen LogP contribution in [0.1, 0.15) is 54.6 Å². The molecule has 0 amide bonds. The first-order chi connectivity index (χ1) is 25.7. The Balaban J connectivity index is 1.43. The highest BCUT2D eigenvalue weighted by atomic mass is 79.9. The number of hydrogen-bond donors (Lipinski definition) is 1. The Morgan fingerprint density at radius 1 is 0.717 bits per heavy atom. The lowest BCUT2D eigenvalue weighted by atomic mass is 10.1. The van der Waals surface area contributed by atoms with Crippen molar-refractivity contribution in [1.82, 2.24) is 9.55 Å². The molecule has 4 aromatic carbocycles. The normalized spacial score (nSPS) is 17.7. The second-order valence-electron chi connectivity index (χ2n) is 11.5. The van der Waals surface area contributed by atoms with E-state index in [0.29, 0.717) is 10.2 Å². The van der Waals surface area contributed by atoms with Gasteiger partial charge in [0.2, 0.25) is 0 Å². The van der Waals surface area contributed by atoms with Gasteiger partial charge in [-0.1, -0.05) is 66.7 Å². The van der Waals surface area contributed by atoms with E-state index in [0.717, 1.165) is 10.8 Å². The third-order valence-electron chi connectivity index (χ3n) is 8.03. The molecule has 53 heavy (non-hydrogen) atoms. The molecule has 270 valence electrons. The first kappa shape index (κ1) is 36.7. The predicted molar refractivity (Wildman–Crippen MR) is 194 cm³/mol. The number of carbonyl (C=O) groups excluding carboxylic acids is 4. The average Bonchev–Trinajstić information content (AvgIpc) is 3.51. The van der Waals surface area contributed by atoms with Gasteiger partial charge < -0.3 is 29.0 Å². The van der Waals surface area contributed by atoms with E-state index >= 15 is 0 Å². The topological polar surface area (TPSA) is 161 Å². The Morgan fingerprint density at radius 2 is 1.25 bits per heavy atom. The quantitative estimate of drug-likeness (QED) is 0.114. The summed E-state index contributed by atoms with van der Waals surface area (Å²) < 4.78 is 30.7. The van der Waals surface area contributed by atoms with Crippen LogP contribution in [0.15, 0.2) is 131 Å². The largest absolute Gasteiger partial charge is 0.462 e. The van der Waals surface area contributed by atoms with Crippen LogP contribution in [0.3, 0.4) is 0 Å². The van der Waals surface area contributed by atoms with Gasteiger partial charge in [-0.3, -0.25) is 4.57 Å². The first-order valence-electron chi connectivity index (χ1n) is 16.4. The molecular formula is C39H32BrN3O10. The maximum atomic E-state index is 13.9. The van der Waals surface area contributed by atoms with Gasteiger partial charge in [0.05, 0.1) is 29.0 Å². The van der Waals surface area contributed by atoms with E-state index in [4.69, 9.17) is 23.7 Å². The van der Waals surface area contributed by atoms with Crippen LogP contribution in [-0.2, 0) is 23.7 Å². The number of rotatable bonds is 12. The van der Waals surface area contributed by atoms with Crippen molar-refractivity contribution >= 4 is 51.3 Å². The summed E-state index contributed by atoms with van der Waals surface area (Å²) in [6.45, 7) is 1.15. The molecule has 1 saturated heterocycles. The van der Waals surface area contributed by atoms with Gasteiger partial charge in [0, 0.05) is 10.7 Å². The molecule has 0 bridgehead atoms. The summed E-state index contributed by atoms with van der Waals surface area (Å²) in [7, 11) is 0. The Kier molecular flexibility index (Phi) is 11.7. The van der Waals surface area contributed by atoms with Gasteiger partial charge in [-0.05, 0) is 71.4 Å². The molecule has 0 spiro atoms. The molecule has 13 nitrogen and oxygen atoms in total. The second-order valence-corrected chi connectivity index (χ2v) is 12.4. The van der Waals surface area contributed by atoms with E-state index in [1.807, 2.05) is 0 Å². The molecule has 1 aromatic heterocycles. The number of carbonyl (C=O) groups is 4. The molecule has 0 saturated carbocycles. The summed E-state index contributed by atoms with van der Waals surface area (Å²) in [5.74, 6) is -3.27. The van der Waals surface area contributed by atoms with Gasteiger partial charge in [-0.2, -0.15) is 4.98 Å². The van der Waals surface area contributed by atoms with Crippen molar-refractivity contribution in [3.05, 3.63) is 159 Å². The van der Waals surface area contributed by atoms with Crippen LogP contribution in [0.5, 0.6) is 0 Å². The summed E-state index contributed by atoms with van der Waals surface area (Å²) in [6, 6.07) is 31.3. The number of aromatic nitrogens is 2. The summed E-state index contributed by atoms with van der Waals surface area (Å²) in [5.41, 5.74) is 0.00505. The van der Waals surface area contributed by atoms with Gasteiger partial charge in [-0.25, -0.2) is 24.0 Å². The Bertz CT molecular complexity index is 2150. The number of para-hydroxylation sites is 1. The van der Waals surface area contributed by atoms with Crippen molar-refractivity contribution in [2.75, 3.05) is 18.5 Å². The van der Waals surface area contributed by atoms with Crippen LogP contribution >= 0.6 is 15.9 Å². The lowest BCUT2D eigenvalue weighted by Crippen LogP contribution is -2.42. The smallest absolute Gasteiger partial charge is 0.351 e. The number of ether oxygens (including phenoxy) is 5. The number of nitrogens with zero attached hydrogens (tertiary/aromatic N) is 2. The SMILES string of the molecule is CCOC(=O)c1cn(C2OC(COC(=O)c3ccccc3)C(OC(=O)c3ccccc3)C2OC(=O)c2ccccc2)c(=O)nc1Nc1ccccc1Br. The van der Waals surface area contributed by atoms with Gasteiger partial charge in [0.25, 0.3) is 0 Å². The van der Waals surface area contributed by atoms with Crippen molar-refractivity contribution in [1.29, 1.82) is 0 Å². The molecule has 1 fully saturated rings. The van der Waals surface area contributed by atoms with Gasteiger partial charge in [0.15, 0.2) is 24.3 Å². The number of esters is 4. The van der Waals surface area contributed by atoms with Crippen LogP contribution in [0.2, 0.25) is 0 Å². The van der Waals surface area contributed by atoms with Gasteiger partial charge >= 0.3 is 29.6 Å². The Labute approximate surface area is 311 Å². The van der Waals surface area contributed by atoms with Crippen molar-refractivity contribution in [3.8, 4) is 0 Å².